The third-order valence-electron chi connectivity index (χ3n) is 5.80. The molecule has 0 unspecified atom stereocenters. The van der Waals surface area contributed by atoms with E-state index in [1.807, 2.05) is 19.3 Å². The van der Waals surface area contributed by atoms with Crippen molar-refractivity contribution < 1.29 is 27.1 Å². The fraction of sp³-hybridized carbons (Fsp3) is 0.200. The Bertz CT molecular complexity index is 1490. The van der Waals surface area contributed by atoms with Crippen LogP contribution in [-0.4, -0.2) is 32.3 Å². The lowest BCUT2D eigenvalue weighted by Crippen LogP contribution is -2.33. The predicted molar refractivity (Wildman–Crippen MR) is 131 cm³/mol. The number of aromatic nitrogens is 4. The van der Waals surface area contributed by atoms with Crippen LogP contribution in [0.3, 0.4) is 0 Å². The molecule has 2 aromatic heterocycles. The molecule has 2 aromatic carbocycles. The van der Waals surface area contributed by atoms with Gasteiger partial charge in [-0.15, -0.1) is 0 Å². The molecule has 0 aliphatic carbocycles. The van der Waals surface area contributed by atoms with Crippen molar-refractivity contribution >= 4 is 23.2 Å². The highest BCUT2D eigenvalue weighted by Crippen LogP contribution is 2.35. The SMILES string of the molecule is Cn1ccc(NCc2cc(Oc3ccc4c(c3)CCN4C(=O)Nc3ccc(F)c(C(F)(F)F)c3)ncn2)n1. The number of nitrogens with zero attached hydrogens (tertiary/aromatic N) is 5. The van der Waals surface area contributed by atoms with Gasteiger partial charge in [0.1, 0.15) is 23.7 Å². The second-order valence-corrected chi connectivity index (χ2v) is 8.49. The summed E-state index contributed by atoms with van der Waals surface area (Å²) in [6.07, 6.45) is -1.15. The molecule has 0 radical (unpaired) electrons. The van der Waals surface area contributed by atoms with E-state index in [-0.39, 0.29) is 5.69 Å². The van der Waals surface area contributed by atoms with Crippen LogP contribution in [0.5, 0.6) is 11.6 Å². The highest BCUT2D eigenvalue weighted by molar-refractivity contribution is 6.03. The van der Waals surface area contributed by atoms with Crippen LogP contribution in [0.4, 0.5) is 39.5 Å². The molecule has 196 valence electrons. The van der Waals surface area contributed by atoms with Crippen LogP contribution >= 0.6 is 0 Å². The van der Waals surface area contributed by atoms with Crippen molar-refractivity contribution in [3.63, 3.8) is 0 Å². The topological polar surface area (TPSA) is 97.2 Å². The van der Waals surface area contributed by atoms with Gasteiger partial charge < -0.3 is 15.4 Å². The van der Waals surface area contributed by atoms with Crippen molar-refractivity contribution in [2.75, 3.05) is 22.1 Å². The third kappa shape index (κ3) is 5.51. The summed E-state index contributed by atoms with van der Waals surface area (Å²) < 4.78 is 60.1. The van der Waals surface area contributed by atoms with E-state index < -0.39 is 23.6 Å². The van der Waals surface area contributed by atoms with Gasteiger partial charge in [-0.05, 0) is 48.4 Å². The molecule has 38 heavy (non-hydrogen) atoms. The van der Waals surface area contributed by atoms with Gasteiger partial charge in [-0.2, -0.15) is 18.3 Å². The maximum absolute atomic E-state index is 13.6. The summed E-state index contributed by atoms with van der Waals surface area (Å²) >= 11 is 0. The first-order valence-electron chi connectivity index (χ1n) is 11.5. The van der Waals surface area contributed by atoms with Gasteiger partial charge in [0.15, 0.2) is 0 Å². The largest absolute Gasteiger partial charge is 0.439 e. The molecule has 2 amide bonds. The molecular weight excluding hydrogens is 506 g/mol. The maximum Gasteiger partial charge on any atom is 0.419 e. The first-order valence-corrected chi connectivity index (χ1v) is 11.5. The van der Waals surface area contributed by atoms with Crippen LogP contribution in [0, 0.1) is 5.82 Å². The molecule has 2 N–H and O–H groups in total. The summed E-state index contributed by atoms with van der Waals surface area (Å²) in [5.41, 5.74) is 0.502. The van der Waals surface area contributed by atoms with Gasteiger partial charge in [-0.3, -0.25) is 9.58 Å². The number of hydrogen-bond acceptors (Lipinski definition) is 6. The number of carbonyl (C=O) groups excluding carboxylic acids is 1. The van der Waals surface area contributed by atoms with Crippen LogP contribution in [-0.2, 0) is 26.2 Å². The van der Waals surface area contributed by atoms with Crippen molar-refractivity contribution in [2.45, 2.75) is 19.1 Å². The van der Waals surface area contributed by atoms with Crippen molar-refractivity contribution in [1.82, 2.24) is 19.7 Å². The van der Waals surface area contributed by atoms with Gasteiger partial charge in [-0.1, -0.05) is 0 Å². The lowest BCUT2D eigenvalue weighted by Gasteiger charge is -2.19. The number of hydrogen-bond donors (Lipinski definition) is 2. The monoisotopic (exact) mass is 527 g/mol. The zero-order valence-electron chi connectivity index (χ0n) is 20.0. The number of fused-ring (bicyclic) bond motifs is 1. The van der Waals surface area contributed by atoms with Crippen LogP contribution in [0.15, 0.2) is 61.1 Å². The highest BCUT2D eigenvalue weighted by atomic mass is 19.4. The van der Waals surface area contributed by atoms with Crippen LogP contribution in [0.2, 0.25) is 0 Å². The molecular formula is C25H21F4N7O2. The second kappa shape index (κ2) is 10.00. The van der Waals surface area contributed by atoms with E-state index in [4.69, 9.17) is 4.74 Å². The predicted octanol–water partition coefficient (Wildman–Crippen LogP) is 5.37. The standard InChI is InChI=1S/C25H21F4N7O2/c1-35-8-7-22(34-35)30-13-17-12-23(32-14-31-17)38-18-3-5-21-15(10-18)6-9-36(21)24(37)33-16-2-4-20(26)19(11-16)25(27,28)29/h2-5,7-8,10-12,14H,6,9,13H2,1H3,(H,30,34)(H,33,37). The molecule has 0 bridgehead atoms. The lowest BCUT2D eigenvalue weighted by atomic mass is 10.1. The summed E-state index contributed by atoms with van der Waals surface area (Å²) in [4.78, 5) is 22.6. The first kappa shape index (κ1) is 25.0. The van der Waals surface area contributed by atoms with Crippen LogP contribution < -0.4 is 20.3 Å². The first-order chi connectivity index (χ1) is 18.2. The summed E-state index contributed by atoms with van der Waals surface area (Å²) in [6.45, 7) is 0.734. The van der Waals surface area contributed by atoms with Crippen LogP contribution in [0.25, 0.3) is 0 Å². The molecule has 0 saturated carbocycles. The number of ether oxygens (including phenoxy) is 1. The lowest BCUT2D eigenvalue weighted by molar-refractivity contribution is -0.139. The quantitative estimate of drug-likeness (QED) is 0.328. The minimum atomic E-state index is -4.87. The number of benzene rings is 2. The number of rotatable bonds is 6. The molecule has 0 spiro atoms. The fourth-order valence-corrected chi connectivity index (χ4v) is 4.00. The molecule has 5 rings (SSSR count). The summed E-state index contributed by atoms with van der Waals surface area (Å²) in [6, 6.07) is 10.4. The molecule has 0 atom stereocenters. The normalized spacial score (nSPS) is 12.8. The Kier molecular flexibility index (Phi) is 6.57. The average molecular weight is 527 g/mol. The molecule has 0 saturated heterocycles. The molecule has 1 aliphatic rings. The summed E-state index contributed by atoms with van der Waals surface area (Å²) in [5.74, 6) is 0.139. The number of urea groups is 1. The van der Waals surface area contributed by atoms with Gasteiger partial charge in [0, 0.05) is 43.3 Å². The average Bonchev–Trinajstić information content (AvgIpc) is 3.49. The Labute approximate surface area is 214 Å². The molecule has 0 fully saturated rings. The van der Waals surface area contributed by atoms with Gasteiger partial charge in [0.25, 0.3) is 0 Å². The Hall–Kier alpha value is -4.68. The zero-order valence-corrected chi connectivity index (χ0v) is 20.0. The van der Waals surface area contributed by atoms with Gasteiger partial charge in [-0.25, -0.2) is 19.2 Å². The van der Waals surface area contributed by atoms with Crippen molar-refractivity contribution in [3.8, 4) is 11.6 Å². The van der Waals surface area contributed by atoms with E-state index in [1.54, 1.807) is 28.9 Å². The Balaban J connectivity index is 1.24. The number of alkyl halides is 3. The number of anilines is 3. The minimum absolute atomic E-state index is 0.158. The Morgan fingerprint density at radius 3 is 2.71 bits per heavy atom. The summed E-state index contributed by atoms with van der Waals surface area (Å²) in [7, 11) is 1.82. The Morgan fingerprint density at radius 1 is 1.11 bits per heavy atom. The van der Waals surface area contributed by atoms with Crippen molar-refractivity contribution in [3.05, 3.63) is 83.7 Å². The second-order valence-electron chi connectivity index (χ2n) is 8.49. The molecule has 1 aliphatic heterocycles. The number of carbonyl (C=O) groups is 1. The molecule has 13 heteroatoms. The third-order valence-corrected chi connectivity index (χ3v) is 5.80. The zero-order chi connectivity index (χ0) is 26.9. The van der Waals surface area contributed by atoms with E-state index in [2.05, 4.69) is 25.7 Å². The molecule has 9 nitrogen and oxygen atoms in total. The smallest absolute Gasteiger partial charge is 0.419 e. The Morgan fingerprint density at radius 2 is 1.95 bits per heavy atom. The minimum Gasteiger partial charge on any atom is -0.439 e. The molecule has 4 aromatic rings. The van der Waals surface area contributed by atoms with Gasteiger partial charge in [0.2, 0.25) is 5.88 Å². The number of nitrogens with one attached hydrogen (secondary N) is 2. The van der Waals surface area contributed by atoms with Crippen molar-refractivity contribution in [2.24, 2.45) is 7.05 Å². The van der Waals surface area contributed by atoms with Crippen molar-refractivity contribution in [1.29, 1.82) is 0 Å². The highest BCUT2D eigenvalue weighted by Gasteiger charge is 2.34. The van der Waals surface area contributed by atoms with E-state index >= 15 is 0 Å². The van der Waals surface area contributed by atoms with Crippen LogP contribution in [0.1, 0.15) is 16.8 Å². The fourth-order valence-electron chi connectivity index (χ4n) is 4.00. The van der Waals surface area contributed by atoms with E-state index in [0.717, 1.165) is 11.6 Å². The van der Waals surface area contributed by atoms with E-state index in [0.29, 0.717) is 60.5 Å². The van der Waals surface area contributed by atoms with E-state index in [1.165, 1.54) is 11.2 Å². The van der Waals surface area contributed by atoms with Gasteiger partial charge >= 0.3 is 12.2 Å². The van der Waals surface area contributed by atoms with Gasteiger partial charge in [0.05, 0.1) is 17.8 Å². The maximum atomic E-state index is 13.6. The number of halogens is 4. The number of amides is 2. The number of aryl methyl sites for hydroxylation is 1. The molecule has 3 heterocycles. The van der Waals surface area contributed by atoms with E-state index in [9.17, 15) is 22.4 Å². The summed E-state index contributed by atoms with van der Waals surface area (Å²) in [5, 5.41) is 9.81.